The molecule has 16 heavy (non-hydrogen) atoms. The Hall–Kier alpha value is -0.570. The van der Waals surface area contributed by atoms with Gasteiger partial charge in [-0.15, -0.1) is 0 Å². The molecule has 0 aromatic carbocycles. The molecule has 0 saturated heterocycles. The van der Waals surface area contributed by atoms with Crippen molar-refractivity contribution in [1.82, 2.24) is 5.32 Å². The van der Waals surface area contributed by atoms with E-state index in [-0.39, 0.29) is 5.91 Å². The number of nitrogens with two attached hydrogens (primary N) is 1. The fraction of sp³-hybridized carbons (Fsp3) is 0.923. The molecule has 1 saturated carbocycles. The Morgan fingerprint density at radius 2 is 2.19 bits per heavy atom. The number of amides is 1. The first-order valence-corrected chi connectivity index (χ1v) is 6.34. The molecule has 1 aliphatic rings. The van der Waals surface area contributed by atoms with Crippen molar-refractivity contribution < 1.29 is 4.79 Å². The van der Waals surface area contributed by atoms with Crippen LogP contribution >= 0.6 is 0 Å². The average molecular weight is 226 g/mol. The molecule has 0 radical (unpaired) electrons. The second-order valence-electron chi connectivity index (χ2n) is 6.20. The van der Waals surface area contributed by atoms with Crippen LogP contribution in [-0.2, 0) is 4.79 Å². The van der Waals surface area contributed by atoms with Crippen LogP contribution in [0.3, 0.4) is 0 Å². The number of hydrogen-bond acceptors (Lipinski definition) is 2. The predicted octanol–water partition coefficient (Wildman–Crippen LogP) is 2.06. The summed E-state index contributed by atoms with van der Waals surface area (Å²) < 4.78 is 0. The first kappa shape index (κ1) is 13.5. The summed E-state index contributed by atoms with van der Waals surface area (Å²) in [6, 6.07) is 0.347. The first-order valence-electron chi connectivity index (χ1n) is 6.34. The molecule has 0 heterocycles. The molecule has 1 fully saturated rings. The summed E-state index contributed by atoms with van der Waals surface area (Å²) in [4.78, 5) is 12.1. The van der Waals surface area contributed by atoms with E-state index in [0.717, 1.165) is 19.3 Å². The minimum absolute atomic E-state index is 0.125. The summed E-state index contributed by atoms with van der Waals surface area (Å²) in [5.41, 5.74) is 5.67. The number of hydrogen-bond donors (Lipinski definition) is 2. The van der Waals surface area contributed by atoms with E-state index in [1.807, 2.05) is 13.8 Å². The van der Waals surface area contributed by atoms with Gasteiger partial charge in [-0.05, 0) is 38.0 Å². The largest absolute Gasteiger partial charge is 0.353 e. The molecular formula is C13H26N2O. The van der Waals surface area contributed by atoms with Gasteiger partial charge in [-0.2, -0.15) is 0 Å². The molecule has 2 atom stereocenters. The maximum Gasteiger partial charge on any atom is 0.227 e. The van der Waals surface area contributed by atoms with Gasteiger partial charge in [0.1, 0.15) is 0 Å². The van der Waals surface area contributed by atoms with Gasteiger partial charge in [0.25, 0.3) is 0 Å². The van der Waals surface area contributed by atoms with E-state index in [4.69, 9.17) is 5.73 Å². The lowest BCUT2D eigenvalue weighted by Crippen LogP contribution is -2.47. The highest BCUT2D eigenvalue weighted by molar-refractivity contribution is 5.82. The van der Waals surface area contributed by atoms with Crippen LogP contribution in [0.2, 0.25) is 0 Å². The number of carbonyl (C=O) groups is 1. The second-order valence-corrected chi connectivity index (χ2v) is 6.20. The maximum absolute atomic E-state index is 12.1. The van der Waals surface area contributed by atoms with E-state index in [0.29, 0.717) is 18.0 Å². The maximum atomic E-state index is 12.1. The van der Waals surface area contributed by atoms with E-state index in [9.17, 15) is 4.79 Å². The van der Waals surface area contributed by atoms with Gasteiger partial charge >= 0.3 is 0 Å². The SMILES string of the molecule is CCC(C)(CN)C(=O)NC1CCC(C)(C)C1. The molecule has 1 aliphatic carbocycles. The van der Waals surface area contributed by atoms with Gasteiger partial charge in [-0.25, -0.2) is 0 Å². The lowest BCUT2D eigenvalue weighted by molar-refractivity contribution is -0.130. The molecule has 0 aromatic rings. The molecule has 3 N–H and O–H groups in total. The van der Waals surface area contributed by atoms with Gasteiger partial charge in [-0.3, -0.25) is 4.79 Å². The van der Waals surface area contributed by atoms with Gasteiger partial charge in [0.2, 0.25) is 5.91 Å². The van der Waals surface area contributed by atoms with Crippen LogP contribution in [0, 0.1) is 10.8 Å². The summed E-state index contributed by atoms with van der Waals surface area (Å²) in [5, 5.41) is 3.16. The van der Waals surface area contributed by atoms with Crippen molar-refractivity contribution in [3.05, 3.63) is 0 Å². The molecular weight excluding hydrogens is 200 g/mol. The van der Waals surface area contributed by atoms with Crippen molar-refractivity contribution in [2.45, 2.75) is 59.4 Å². The predicted molar refractivity (Wildman–Crippen MR) is 67.0 cm³/mol. The molecule has 94 valence electrons. The number of nitrogens with one attached hydrogen (secondary N) is 1. The van der Waals surface area contributed by atoms with Crippen molar-refractivity contribution in [2.75, 3.05) is 6.54 Å². The zero-order valence-corrected chi connectivity index (χ0v) is 11.1. The van der Waals surface area contributed by atoms with Gasteiger partial charge < -0.3 is 11.1 Å². The molecule has 0 spiro atoms. The number of rotatable bonds is 4. The Bertz CT molecular complexity index is 257. The molecule has 0 aromatic heterocycles. The van der Waals surface area contributed by atoms with Crippen molar-refractivity contribution in [2.24, 2.45) is 16.6 Å². The Balaban J connectivity index is 2.53. The van der Waals surface area contributed by atoms with E-state index >= 15 is 0 Å². The fourth-order valence-electron chi connectivity index (χ4n) is 2.32. The Morgan fingerprint density at radius 3 is 2.56 bits per heavy atom. The highest BCUT2D eigenvalue weighted by atomic mass is 16.2. The van der Waals surface area contributed by atoms with Gasteiger partial charge in [0, 0.05) is 12.6 Å². The van der Waals surface area contributed by atoms with Gasteiger partial charge in [-0.1, -0.05) is 20.8 Å². The van der Waals surface area contributed by atoms with E-state index in [2.05, 4.69) is 19.2 Å². The summed E-state index contributed by atoms with van der Waals surface area (Å²) in [5.74, 6) is 0.125. The van der Waals surface area contributed by atoms with Crippen LogP contribution in [0.4, 0.5) is 0 Å². The molecule has 2 unspecified atom stereocenters. The third-order valence-electron chi connectivity index (χ3n) is 4.08. The lowest BCUT2D eigenvalue weighted by Gasteiger charge is -2.27. The molecule has 3 heteroatoms. The zero-order chi connectivity index (χ0) is 12.4. The number of carbonyl (C=O) groups excluding carboxylic acids is 1. The lowest BCUT2D eigenvalue weighted by atomic mass is 9.86. The fourth-order valence-corrected chi connectivity index (χ4v) is 2.32. The minimum atomic E-state index is -0.396. The van der Waals surface area contributed by atoms with Crippen molar-refractivity contribution >= 4 is 5.91 Å². The summed E-state index contributed by atoms with van der Waals surface area (Å²) in [6.45, 7) is 8.92. The normalized spacial score (nSPS) is 27.4. The standard InChI is InChI=1S/C13H26N2O/c1-5-13(4,9-14)11(16)15-10-6-7-12(2,3)8-10/h10H,5-9,14H2,1-4H3,(H,15,16). The van der Waals surface area contributed by atoms with Crippen LogP contribution in [0.5, 0.6) is 0 Å². The Labute approximate surface area is 99.2 Å². The van der Waals surface area contributed by atoms with E-state index in [1.165, 1.54) is 6.42 Å². The topological polar surface area (TPSA) is 55.1 Å². The minimum Gasteiger partial charge on any atom is -0.353 e. The molecule has 1 rings (SSSR count). The highest BCUT2D eigenvalue weighted by Gasteiger charge is 2.35. The highest BCUT2D eigenvalue weighted by Crippen LogP contribution is 2.37. The van der Waals surface area contributed by atoms with Crippen LogP contribution in [0.15, 0.2) is 0 Å². The van der Waals surface area contributed by atoms with Crippen LogP contribution in [0.25, 0.3) is 0 Å². The average Bonchev–Trinajstić information content (AvgIpc) is 2.56. The van der Waals surface area contributed by atoms with Crippen LogP contribution < -0.4 is 11.1 Å². The molecule has 3 nitrogen and oxygen atoms in total. The first-order chi connectivity index (χ1) is 7.33. The van der Waals surface area contributed by atoms with Crippen LogP contribution in [-0.4, -0.2) is 18.5 Å². The molecule has 0 aliphatic heterocycles. The third kappa shape index (κ3) is 2.97. The Morgan fingerprint density at radius 1 is 1.56 bits per heavy atom. The molecule has 0 bridgehead atoms. The third-order valence-corrected chi connectivity index (χ3v) is 4.08. The second kappa shape index (κ2) is 4.74. The van der Waals surface area contributed by atoms with Crippen molar-refractivity contribution in [3.8, 4) is 0 Å². The zero-order valence-electron chi connectivity index (χ0n) is 11.1. The van der Waals surface area contributed by atoms with Crippen LogP contribution in [0.1, 0.15) is 53.4 Å². The summed E-state index contributed by atoms with van der Waals surface area (Å²) in [6.07, 6.45) is 4.18. The quantitative estimate of drug-likeness (QED) is 0.771. The molecule has 1 amide bonds. The monoisotopic (exact) mass is 226 g/mol. The smallest absolute Gasteiger partial charge is 0.227 e. The Kier molecular flexibility index (Phi) is 4.00. The summed E-state index contributed by atoms with van der Waals surface area (Å²) in [7, 11) is 0. The van der Waals surface area contributed by atoms with Gasteiger partial charge in [0.15, 0.2) is 0 Å². The summed E-state index contributed by atoms with van der Waals surface area (Å²) >= 11 is 0. The van der Waals surface area contributed by atoms with E-state index < -0.39 is 5.41 Å². The van der Waals surface area contributed by atoms with Crippen molar-refractivity contribution in [3.63, 3.8) is 0 Å². The van der Waals surface area contributed by atoms with Crippen molar-refractivity contribution in [1.29, 1.82) is 0 Å². The van der Waals surface area contributed by atoms with Gasteiger partial charge in [0.05, 0.1) is 5.41 Å². The van der Waals surface area contributed by atoms with E-state index in [1.54, 1.807) is 0 Å².